The molecule has 0 bridgehead atoms. The van der Waals surface area contributed by atoms with Crippen molar-refractivity contribution >= 4 is 17.3 Å². The second-order valence-electron chi connectivity index (χ2n) is 9.22. The van der Waals surface area contributed by atoms with E-state index in [0.717, 1.165) is 62.1 Å². The molecule has 3 heterocycles. The minimum atomic E-state index is 0.0150. The van der Waals surface area contributed by atoms with Crippen LogP contribution in [0.1, 0.15) is 32.1 Å². The van der Waals surface area contributed by atoms with E-state index in [1.165, 1.54) is 25.8 Å². The van der Waals surface area contributed by atoms with Gasteiger partial charge in [0.1, 0.15) is 11.9 Å². The van der Waals surface area contributed by atoms with Crippen LogP contribution in [0.3, 0.4) is 0 Å². The van der Waals surface area contributed by atoms with Gasteiger partial charge in [-0.05, 0) is 68.1 Å². The molecule has 164 valence electrons. The van der Waals surface area contributed by atoms with E-state index >= 15 is 0 Å². The summed E-state index contributed by atoms with van der Waals surface area (Å²) >= 11 is 0. The van der Waals surface area contributed by atoms with Crippen molar-refractivity contribution in [3.63, 3.8) is 0 Å². The van der Waals surface area contributed by atoms with E-state index in [9.17, 15) is 4.79 Å². The second-order valence-corrected chi connectivity index (χ2v) is 9.22. The SMILES string of the molecule is O=C(Nc1ccc(OC2CCN(CCC3CC3)CC2)cc1)C1CN(c2cccnc2)C1. The highest BCUT2D eigenvalue weighted by molar-refractivity contribution is 5.94. The van der Waals surface area contributed by atoms with Crippen LogP contribution in [0.2, 0.25) is 0 Å². The summed E-state index contributed by atoms with van der Waals surface area (Å²) < 4.78 is 6.19. The fraction of sp³-hybridized carbons (Fsp3) is 0.520. The first-order valence-corrected chi connectivity index (χ1v) is 11.7. The van der Waals surface area contributed by atoms with Crippen LogP contribution in [0, 0.1) is 11.8 Å². The monoisotopic (exact) mass is 420 g/mol. The van der Waals surface area contributed by atoms with Crippen LogP contribution in [0.15, 0.2) is 48.8 Å². The fourth-order valence-electron chi connectivity index (χ4n) is 4.47. The molecule has 1 aromatic heterocycles. The molecule has 3 fully saturated rings. The number of amides is 1. The maximum absolute atomic E-state index is 12.5. The number of benzene rings is 1. The van der Waals surface area contributed by atoms with Crippen LogP contribution in [0.25, 0.3) is 0 Å². The predicted octanol–water partition coefficient (Wildman–Crippen LogP) is 3.80. The van der Waals surface area contributed by atoms with Gasteiger partial charge in [0.05, 0.1) is 17.8 Å². The summed E-state index contributed by atoms with van der Waals surface area (Å²) in [5.74, 6) is 1.99. The molecule has 2 aliphatic heterocycles. The van der Waals surface area contributed by atoms with Gasteiger partial charge >= 0.3 is 0 Å². The third-order valence-corrected chi connectivity index (χ3v) is 6.77. The van der Waals surface area contributed by atoms with Gasteiger partial charge in [0.25, 0.3) is 0 Å². The molecular formula is C25H32N4O2. The highest BCUT2D eigenvalue weighted by Crippen LogP contribution is 2.33. The van der Waals surface area contributed by atoms with E-state index in [2.05, 4.69) is 20.1 Å². The van der Waals surface area contributed by atoms with Gasteiger partial charge in [-0.2, -0.15) is 0 Å². The average molecular weight is 421 g/mol. The number of rotatable bonds is 8. The highest BCUT2D eigenvalue weighted by Gasteiger charge is 2.33. The quantitative estimate of drug-likeness (QED) is 0.704. The van der Waals surface area contributed by atoms with Gasteiger partial charge in [0, 0.05) is 38.1 Å². The summed E-state index contributed by atoms with van der Waals surface area (Å²) in [6.07, 6.45) is 10.4. The summed E-state index contributed by atoms with van der Waals surface area (Å²) in [4.78, 5) is 21.4. The van der Waals surface area contributed by atoms with Gasteiger partial charge in [-0.3, -0.25) is 9.78 Å². The van der Waals surface area contributed by atoms with Crippen molar-refractivity contribution in [3.8, 4) is 5.75 Å². The van der Waals surface area contributed by atoms with Crippen LogP contribution >= 0.6 is 0 Å². The van der Waals surface area contributed by atoms with Crippen LogP contribution in [-0.4, -0.2) is 54.6 Å². The van der Waals surface area contributed by atoms with Crippen LogP contribution < -0.4 is 15.0 Å². The number of pyridine rings is 1. The predicted molar refractivity (Wildman–Crippen MR) is 122 cm³/mol. The van der Waals surface area contributed by atoms with Crippen molar-refractivity contribution < 1.29 is 9.53 Å². The summed E-state index contributed by atoms with van der Waals surface area (Å²) in [6.45, 7) is 5.01. The molecule has 6 heteroatoms. The molecule has 1 saturated carbocycles. The smallest absolute Gasteiger partial charge is 0.231 e. The zero-order valence-corrected chi connectivity index (χ0v) is 18.1. The van der Waals surface area contributed by atoms with Crippen LogP contribution in [0.4, 0.5) is 11.4 Å². The van der Waals surface area contributed by atoms with E-state index in [1.54, 1.807) is 6.20 Å². The van der Waals surface area contributed by atoms with Crippen LogP contribution in [0.5, 0.6) is 5.75 Å². The lowest BCUT2D eigenvalue weighted by molar-refractivity contribution is -0.120. The molecule has 31 heavy (non-hydrogen) atoms. The largest absolute Gasteiger partial charge is 0.490 e. The number of ether oxygens (including phenoxy) is 1. The van der Waals surface area contributed by atoms with Gasteiger partial charge in [0.15, 0.2) is 0 Å². The Balaban J connectivity index is 1.03. The van der Waals surface area contributed by atoms with Crippen LogP contribution in [-0.2, 0) is 4.79 Å². The molecule has 6 nitrogen and oxygen atoms in total. The lowest BCUT2D eigenvalue weighted by Gasteiger charge is -2.39. The molecule has 1 aliphatic carbocycles. The van der Waals surface area contributed by atoms with E-state index < -0.39 is 0 Å². The Morgan fingerprint density at radius 1 is 1.06 bits per heavy atom. The van der Waals surface area contributed by atoms with Crippen molar-refractivity contribution in [2.45, 2.75) is 38.2 Å². The minimum Gasteiger partial charge on any atom is -0.490 e. The first kappa shape index (κ1) is 20.3. The first-order chi connectivity index (χ1) is 15.2. The molecule has 0 radical (unpaired) electrons. The number of aromatic nitrogens is 1. The summed E-state index contributed by atoms with van der Waals surface area (Å²) in [5.41, 5.74) is 1.90. The molecule has 1 amide bonds. The highest BCUT2D eigenvalue weighted by atomic mass is 16.5. The third-order valence-electron chi connectivity index (χ3n) is 6.77. The van der Waals surface area contributed by atoms with Crippen molar-refractivity contribution in [2.24, 2.45) is 11.8 Å². The number of nitrogens with zero attached hydrogens (tertiary/aromatic N) is 3. The van der Waals surface area contributed by atoms with E-state index in [0.29, 0.717) is 6.10 Å². The Labute approximate surface area is 184 Å². The summed E-state index contributed by atoms with van der Waals surface area (Å²) in [5, 5.41) is 3.04. The number of nitrogens with one attached hydrogen (secondary N) is 1. The van der Waals surface area contributed by atoms with E-state index in [1.807, 2.05) is 42.6 Å². The number of anilines is 2. The normalized spacial score (nSPS) is 20.3. The van der Waals surface area contributed by atoms with Gasteiger partial charge < -0.3 is 19.9 Å². The van der Waals surface area contributed by atoms with Gasteiger partial charge in [-0.15, -0.1) is 0 Å². The third kappa shape index (κ3) is 5.37. The molecule has 1 N–H and O–H groups in total. The number of carbonyl (C=O) groups is 1. The minimum absolute atomic E-state index is 0.0150. The van der Waals surface area contributed by atoms with Crippen molar-refractivity contribution in [3.05, 3.63) is 48.8 Å². The second kappa shape index (κ2) is 9.27. The lowest BCUT2D eigenvalue weighted by atomic mass is 9.98. The molecule has 3 aliphatic rings. The van der Waals surface area contributed by atoms with E-state index in [4.69, 9.17) is 4.74 Å². The maximum atomic E-state index is 12.5. The zero-order valence-electron chi connectivity index (χ0n) is 18.1. The molecular weight excluding hydrogens is 388 g/mol. The van der Waals surface area contributed by atoms with Crippen molar-refractivity contribution in [1.29, 1.82) is 0 Å². The Kier molecular flexibility index (Phi) is 6.07. The molecule has 5 rings (SSSR count). The van der Waals surface area contributed by atoms with E-state index in [-0.39, 0.29) is 11.8 Å². The van der Waals surface area contributed by atoms with Crippen molar-refractivity contribution in [2.75, 3.05) is 42.9 Å². The van der Waals surface area contributed by atoms with Gasteiger partial charge in [-0.25, -0.2) is 0 Å². The summed E-state index contributed by atoms with van der Waals surface area (Å²) in [6, 6.07) is 11.8. The first-order valence-electron chi connectivity index (χ1n) is 11.7. The lowest BCUT2D eigenvalue weighted by Crippen LogP contribution is -2.52. The number of piperidine rings is 1. The molecule has 2 saturated heterocycles. The van der Waals surface area contributed by atoms with Crippen molar-refractivity contribution in [1.82, 2.24) is 9.88 Å². The molecule has 2 aromatic rings. The molecule has 1 aromatic carbocycles. The number of hydrogen-bond donors (Lipinski definition) is 1. The van der Waals surface area contributed by atoms with Gasteiger partial charge in [-0.1, -0.05) is 12.8 Å². The Hall–Kier alpha value is -2.60. The maximum Gasteiger partial charge on any atom is 0.231 e. The number of hydrogen-bond acceptors (Lipinski definition) is 5. The number of carbonyl (C=O) groups excluding carboxylic acids is 1. The Morgan fingerprint density at radius 3 is 2.52 bits per heavy atom. The standard InChI is InChI=1S/C25H32N4O2/c30-25(20-17-29(18-20)22-2-1-12-26-16-22)27-21-5-7-23(8-6-21)31-24-10-14-28(15-11-24)13-9-19-3-4-19/h1-2,5-8,12,16,19-20,24H,3-4,9-11,13-15,17-18H2,(H,27,30). The topological polar surface area (TPSA) is 57.7 Å². The molecule has 0 spiro atoms. The number of likely N-dealkylation sites (tertiary alicyclic amines) is 1. The summed E-state index contributed by atoms with van der Waals surface area (Å²) in [7, 11) is 0. The van der Waals surface area contributed by atoms with Gasteiger partial charge in [0.2, 0.25) is 5.91 Å². The Morgan fingerprint density at radius 2 is 1.84 bits per heavy atom. The Bertz CT molecular complexity index is 855. The zero-order chi connectivity index (χ0) is 21.0. The average Bonchev–Trinajstić information content (AvgIpc) is 3.59. The fourth-order valence-corrected chi connectivity index (χ4v) is 4.47. The molecule has 0 unspecified atom stereocenters. The molecule has 0 atom stereocenters.